The van der Waals surface area contributed by atoms with Crippen LogP contribution in [0.15, 0.2) is 11.6 Å². The van der Waals surface area contributed by atoms with Crippen LogP contribution in [0.4, 0.5) is 0 Å². The standard InChI is InChI=1S/C26H38N6O2S/c1-4-5-25(34)30-11-9-24-23(16-30)28-17(2)32(24)21-14-19-6-7-20(15-21)31(19)12-8-22(29-18(3)33)26-27-10-13-35-26/h10,13,19-22H,4-9,11-12,14-16H2,1-3H3,(H,29,33)/t19?,20?,21?,22-/m0/s1. The minimum Gasteiger partial charge on any atom is -0.347 e. The SMILES string of the molecule is CCCC(=O)N1CCc2c(nc(C)n2C2CC3CCC(C2)N3CC[C@H](NC(C)=O)c2nccs2)C1. The Morgan fingerprint density at radius 2 is 2.00 bits per heavy atom. The molecule has 9 heteroatoms. The summed E-state index contributed by atoms with van der Waals surface area (Å²) in [5, 5.41) is 6.08. The van der Waals surface area contributed by atoms with Crippen molar-refractivity contribution in [2.75, 3.05) is 13.1 Å². The molecule has 2 amide bonds. The highest BCUT2D eigenvalue weighted by atomic mass is 32.1. The lowest BCUT2D eigenvalue weighted by molar-refractivity contribution is -0.132. The Kier molecular flexibility index (Phi) is 7.25. The molecule has 2 aromatic rings. The molecule has 1 N–H and O–H groups in total. The molecule has 0 aliphatic carbocycles. The van der Waals surface area contributed by atoms with E-state index >= 15 is 0 Å². The third-order valence-corrected chi connectivity index (χ3v) is 8.96. The first-order valence-electron chi connectivity index (χ1n) is 13.2. The largest absolute Gasteiger partial charge is 0.347 e. The molecule has 2 aromatic heterocycles. The van der Waals surface area contributed by atoms with Gasteiger partial charge in [0.1, 0.15) is 10.8 Å². The van der Waals surface area contributed by atoms with Gasteiger partial charge in [-0.3, -0.25) is 14.5 Å². The maximum absolute atomic E-state index is 12.4. The van der Waals surface area contributed by atoms with Gasteiger partial charge in [0.2, 0.25) is 11.8 Å². The minimum atomic E-state index is -0.00843. The van der Waals surface area contributed by atoms with E-state index in [4.69, 9.17) is 4.98 Å². The Labute approximate surface area is 212 Å². The van der Waals surface area contributed by atoms with Crippen molar-refractivity contribution in [2.24, 2.45) is 0 Å². The minimum absolute atomic E-state index is 0.00203. The number of carbonyl (C=O) groups excluding carboxylic acids is 2. The number of thiazole rings is 1. The van der Waals surface area contributed by atoms with E-state index in [1.807, 2.05) is 16.5 Å². The summed E-state index contributed by atoms with van der Waals surface area (Å²) in [6.45, 7) is 8.24. The highest BCUT2D eigenvalue weighted by molar-refractivity contribution is 7.09. The maximum atomic E-state index is 12.4. The second-order valence-electron chi connectivity index (χ2n) is 10.4. The molecular formula is C26H38N6O2S. The van der Waals surface area contributed by atoms with Crippen molar-refractivity contribution in [2.45, 2.75) is 103 Å². The fourth-order valence-electron chi connectivity index (χ4n) is 6.62. The molecule has 35 heavy (non-hydrogen) atoms. The van der Waals surface area contributed by atoms with Crippen LogP contribution in [0, 0.1) is 6.92 Å². The molecule has 0 aromatic carbocycles. The highest BCUT2D eigenvalue weighted by Crippen LogP contribution is 2.43. The van der Waals surface area contributed by atoms with Gasteiger partial charge in [-0.05, 0) is 45.4 Å². The second-order valence-corrected chi connectivity index (χ2v) is 11.3. The van der Waals surface area contributed by atoms with Gasteiger partial charge < -0.3 is 14.8 Å². The van der Waals surface area contributed by atoms with Crippen molar-refractivity contribution in [1.29, 1.82) is 0 Å². The Morgan fingerprint density at radius 1 is 1.23 bits per heavy atom. The quantitative estimate of drug-likeness (QED) is 0.599. The summed E-state index contributed by atoms with van der Waals surface area (Å²) in [5.41, 5.74) is 2.46. The van der Waals surface area contributed by atoms with Crippen LogP contribution in [0.2, 0.25) is 0 Å². The number of piperidine rings is 1. The number of rotatable bonds is 8. The predicted molar refractivity (Wildman–Crippen MR) is 136 cm³/mol. The van der Waals surface area contributed by atoms with Gasteiger partial charge in [0, 0.05) is 68.3 Å². The summed E-state index contributed by atoms with van der Waals surface area (Å²) in [7, 11) is 0. The number of nitrogens with one attached hydrogen (secondary N) is 1. The van der Waals surface area contributed by atoms with Crippen molar-refractivity contribution in [3.05, 3.63) is 33.8 Å². The summed E-state index contributed by atoms with van der Waals surface area (Å²) >= 11 is 1.62. The monoisotopic (exact) mass is 498 g/mol. The van der Waals surface area contributed by atoms with Crippen molar-refractivity contribution in [1.82, 2.24) is 29.7 Å². The van der Waals surface area contributed by atoms with Gasteiger partial charge in [0.25, 0.3) is 0 Å². The van der Waals surface area contributed by atoms with E-state index in [2.05, 4.69) is 33.6 Å². The van der Waals surface area contributed by atoms with Gasteiger partial charge in [0.05, 0.1) is 18.3 Å². The summed E-state index contributed by atoms with van der Waals surface area (Å²) in [6, 6.07) is 1.64. The normalized spacial score (nSPS) is 24.9. The fourth-order valence-corrected chi connectivity index (χ4v) is 7.34. The zero-order valence-electron chi connectivity index (χ0n) is 21.2. The Balaban J connectivity index is 1.25. The number of aromatic nitrogens is 3. The zero-order valence-corrected chi connectivity index (χ0v) is 22.0. The van der Waals surface area contributed by atoms with Crippen LogP contribution in [-0.2, 0) is 22.6 Å². The van der Waals surface area contributed by atoms with E-state index in [-0.39, 0.29) is 17.9 Å². The summed E-state index contributed by atoms with van der Waals surface area (Å²) in [5.74, 6) is 1.36. The number of aryl methyl sites for hydroxylation is 1. The van der Waals surface area contributed by atoms with E-state index < -0.39 is 0 Å². The summed E-state index contributed by atoms with van der Waals surface area (Å²) in [4.78, 5) is 38.3. The van der Waals surface area contributed by atoms with Crippen molar-refractivity contribution in [3.8, 4) is 0 Å². The Bertz CT molecular complexity index is 1040. The van der Waals surface area contributed by atoms with E-state index in [0.29, 0.717) is 31.1 Å². The van der Waals surface area contributed by atoms with Gasteiger partial charge in [-0.15, -0.1) is 11.3 Å². The lowest BCUT2D eigenvalue weighted by atomic mass is 9.95. The lowest BCUT2D eigenvalue weighted by Gasteiger charge is -2.41. The third kappa shape index (κ3) is 5.03. The van der Waals surface area contributed by atoms with Crippen LogP contribution < -0.4 is 5.32 Å². The summed E-state index contributed by atoms with van der Waals surface area (Å²) in [6.07, 6.45) is 9.95. The molecule has 2 saturated heterocycles. The maximum Gasteiger partial charge on any atom is 0.222 e. The number of hydrogen-bond donors (Lipinski definition) is 1. The Hall–Kier alpha value is -2.26. The smallest absolute Gasteiger partial charge is 0.222 e. The molecule has 0 radical (unpaired) electrons. The molecule has 2 fully saturated rings. The highest BCUT2D eigenvalue weighted by Gasteiger charge is 2.42. The molecule has 2 unspecified atom stereocenters. The number of hydrogen-bond acceptors (Lipinski definition) is 6. The van der Waals surface area contributed by atoms with Crippen LogP contribution in [0.3, 0.4) is 0 Å². The molecule has 5 heterocycles. The van der Waals surface area contributed by atoms with Gasteiger partial charge in [0.15, 0.2) is 0 Å². The van der Waals surface area contributed by atoms with Crippen molar-refractivity contribution >= 4 is 23.2 Å². The third-order valence-electron chi connectivity index (χ3n) is 8.07. The van der Waals surface area contributed by atoms with Crippen molar-refractivity contribution < 1.29 is 9.59 Å². The van der Waals surface area contributed by atoms with Gasteiger partial charge in [-0.1, -0.05) is 6.92 Å². The van der Waals surface area contributed by atoms with Crippen molar-refractivity contribution in [3.63, 3.8) is 0 Å². The lowest BCUT2D eigenvalue weighted by Crippen LogP contribution is -2.45. The van der Waals surface area contributed by atoms with Gasteiger partial charge in [-0.25, -0.2) is 9.97 Å². The molecular weight excluding hydrogens is 460 g/mol. The van der Waals surface area contributed by atoms with Crippen LogP contribution >= 0.6 is 11.3 Å². The van der Waals surface area contributed by atoms with E-state index in [0.717, 1.165) is 61.7 Å². The van der Waals surface area contributed by atoms with E-state index in [9.17, 15) is 9.59 Å². The molecule has 0 spiro atoms. The Morgan fingerprint density at radius 3 is 2.66 bits per heavy atom. The molecule has 0 saturated carbocycles. The van der Waals surface area contributed by atoms with Crippen LogP contribution in [0.25, 0.3) is 0 Å². The number of nitrogens with zero attached hydrogens (tertiary/aromatic N) is 5. The van der Waals surface area contributed by atoms with Crippen LogP contribution in [0.5, 0.6) is 0 Å². The first kappa shape index (κ1) is 24.4. The first-order valence-corrected chi connectivity index (χ1v) is 14.1. The number of imidazole rings is 1. The molecule has 3 aliphatic heterocycles. The first-order chi connectivity index (χ1) is 16.9. The second kappa shape index (κ2) is 10.4. The van der Waals surface area contributed by atoms with E-state index in [1.54, 1.807) is 18.3 Å². The fraction of sp³-hybridized carbons (Fsp3) is 0.692. The molecule has 3 aliphatic rings. The molecule has 5 rings (SSSR count). The number of fused-ring (bicyclic) bond motifs is 3. The number of amides is 2. The molecule has 3 atom stereocenters. The van der Waals surface area contributed by atoms with E-state index in [1.165, 1.54) is 18.5 Å². The zero-order chi connectivity index (χ0) is 24.5. The molecule has 2 bridgehead atoms. The average molecular weight is 499 g/mol. The number of carbonyl (C=O) groups is 2. The summed E-state index contributed by atoms with van der Waals surface area (Å²) < 4.78 is 2.52. The molecule has 8 nitrogen and oxygen atoms in total. The van der Waals surface area contributed by atoms with Crippen LogP contribution in [0.1, 0.15) is 93.1 Å². The average Bonchev–Trinajstić information content (AvgIpc) is 3.52. The van der Waals surface area contributed by atoms with Crippen LogP contribution in [-0.4, -0.2) is 61.3 Å². The van der Waals surface area contributed by atoms with Gasteiger partial charge in [-0.2, -0.15) is 0 Å². The van der Waals surface area contributed by atoms with Gasteiger partial charge >= 0.3 is 0 Å². The molecule has 190 valence electrons. The topological polar surface area (TPSA) is 83.4 Å². The predicted octanol–water partition coefficient (Wildman–Crippen LogP) is 3.77.